The second-order valence-electron chi connectivity index (χ2n) is 6.60. The molecule has 0 N–H and O–H groups in total. The Balaban J connectivity index is 1.39. The van der Waals surface area contributed by atoms with Crippen molar-refractivity contribution in [3.8, 4) is 6.07 Å². The van der Waals surface area contributed by atoms with Gasteiger partial charge in [0.1, 0.15) is 0 Å². The maximum Gasteiger partial charge on any atom is 0.299 e. The molecule has 2 aliphatic rings. The number of oxazole rings is 1. The van der Waals surface area contributed by atoms with Gasteiger partial charge < -0.3 is 14.2 Å². The lowest BCUT2D eigenvalue weighted by molar-refractivity contribution is -0.137. The summed E-state index contributed by atoms with van der Waals surface area (Å²) in [4.78, 5) is 24.8. The highest BCUT2D eigenvalue weighted by Crippen LogP contribution is 2.28. The lowest BCUT2D eigenvalue weighted by atomic mass is 9.93. The molecule has 0 saturated carbocycles. The van der Waals surface area contributed by atoms with E-state index in [9.17, 15) is 4.79 Å². The Morgan fingerprint density at radius 1 is 1.42 bits per heavy atom. The summed E-state index contributed by atoms with van der Waals surface area (Å²) in [5.41, 5.74) is 1.31. The summed E-state index contributed by atoms with van der Waals surface area (Å²) in [5.74, 6) is 0.479. The normalized spacial score (nSPS) is 21.5. The fourth-order valence-electron chi connectivity index (χ4n) is 3.44. The summed E-state index contributed by atoms with van der Waals surface area (Å²) in [7, 11) is 0. The molecule has 2 aromatic rings. The zero-order valence-electron chi connectivity index (χ0n) is 13.4. The van der Waals surface area contributed by atoms with Gasteiger partial charge in [0.25, 0.3) is 6.01 Å². The molecule has 1 unspecified atom stereocenters. The lowest BCUT2D eigenvalue weighted by Gasteiger charge is -2.37. The number of hydrogen-bond acceptors (Lipinski definition) is 6. The molecule has 2 fully saturated rings. The Morgan fingerprint density at radius 2 is 2.29 bits per heavy atom. The Kier molecular flexibility index (Phi) is 3.81. The predicted octanol–water partition coefficient (Wildman–Crippen LogP) is 1.81. The number of anilines is 1. The minimum atomic E-state index is 0.0176. The van der Waals surface area contributed by atoms with Crippen LogP contribution in [0, 0.1) is 23.2 Å². The van der Waals surface area contributed by atoms with Crippen LogP contribution in [-0.2, 0) is 4.79 Å². The van der Waals surface area contributed by atoms with Crippen molar-refractivity contribution < 1.29 is 9.21 Å². The van der Waals surface area contributed by atoms with Crippen LogP contribution in [0.15, 0.2) is 22.7 Å². The molecule has 0 aliphatic carbocycles. The van der Waals surface area contributed by atoms with E-state index in [2.05, 4.69) is 20.9 Å². The average molecular weight is 325 g/mol. The van der Waals surface area contributed by atoms with Crippen molar-refractivity contribution in [3.05, 3.63) is 18.3 Å². The first kappa shape index (κ1) is 14.9. The molecule has 7 nitrogen and oxygen atoms in total. The third-order valence-electron chi connectivity index (χ3n) is 4.82. The summed E-state index contributed by atoms with van der Waals surface area (Å²) in [6.07, 6.45) is 4.29. The number of fused-ring (bicyclic) bond motifs is 1. The monoisotopic (exact) mass is 325 g/mol. The summed E-state index contributed by atoms with van der Waals surface area (Å²) in [5, 5.41) is 8.81. The highest BCUT2D eigenvalue weighted by atomic mass is 16.4. The number of pyridine rings is 1. The third kappa shape index (κ3) is 2.80. The van der Waals surface area contributed by atoms with Crippen LogP contribution in [0.4, 0.5) is 6.01 Å². The zero-order valence-corrected chi connectivity index (χ0v) is 13.4. The van der Waals surface area contributed by atoms with Crippen LogP contribution < -0.4 is 4.90 Å². The highest BCUT2D eigenvalue weighted by molar-refractivity contribution is 5.77. The standard InChI is InChI=1S/C17H19N5O2/c18-8-13-10-22(11-13)15(23)7-12-3-2-6-21(9-12)17-20-16-14(24-17)4-1-5-19-16/h1,4-5,12-13H,2-3,6-7,9-11H2. The van der Waals surface area contributed by atoms with Gasteiger partial charge in [-0.25, -0.2) is 4.98 Å². The summed E-state index contributed by atoms with van der Waals surface area (Å²) >= 11 is 0. The molecule has 0 bridgehead atoms. The van der Waals surface area contributed by atoms with Crippen LogP contribution in [-0.4, -0.2) is 47.0 Å². The van der Waals surface area contributed by atoms with Gasteiger partial charge in [-0.05, 0) is 30.9 Å². The average Bonchev–Trinajstić information content (AvgIpc) is 2.98. The topological polar surface area (TPSA) is 86.3 Å². The van der Waals surface area contributed by atoms with Crippen molar-refractivity contribution in [2.75, 3.05) is 31.1 Å². The van der Waals surface area contributed by atoms with E-state index in [0.717, 1.165) is 25.9 Å². The van der Waals surface area contributed by atoms with Crippen LogP contribution in [0.1, 0.15) is 19.3 Å². The fourth-order valence-corrected chi connectivity index (χ4v) is 3.44. The molecule has 2 saturated heterocycles. The van der Waals surface area contributed by atoms with Crippen LogP contribution in [0.5, 0.6) is 0 Å². The Labute approximate surface area is 139 Å². The van der Waals surface area contributed by atoms with Gasteiger partial charge in [-0.1, -0.05) is 0 Å². The van der Waals surface area contributed by atoms with Crippen molar-refractivity contribution in [1.29, 1.82) is 5.26 Å². The van der Waals surface area contributed by atoms with E-state index < -0.39 is 0 Å². The number of rotatable bonds is 3. The zero-order chi connectivity index (χ0) is 16.5. The summed E-state index contributed by atoms with van der Waals surface area (Å²) in [6.45, 7) is 2.83. The molecule has 7 heteroatoms. The van der Waals surface area contributed by atoms with Crippen LogP contribution >= 0.6 is 0 Å². The molecule has 0 aromatic carbocycles. The molecule has 0 spiro atoms. The Hall–Kier alpha value is -2.62. The quantitative estimate of drug-likeness (QED) is 0.855. The van der Waals surface area contributed by atoms with Gasteiger partial charge >= 0.3 is 0 Å². The lowest BCUT2D eigenvalue weighted by Crippen LogP contribution is -2.50. The van der Waals surface area contributed by atoms with Crippen LogP contribution in [0.2, 0.25) is 0 Å². The first-order valence-electron chi connectivity index (χ1n) is 8.37. The third-order valence-corrected chi connectivity index (χ3v) is 4.82. The summed E-state index contributed by atoms with van der Waals surface area (Å²) in [6, 6.07) is 6.48. The maximum absolute atomic E-state index is 12.3. The van der Waals surface area contributed by atoms with Crippen molar-refractivity contribution in [3.63, 3.8) is 0 Å². The van der Waals surface area contributed by atoms with Crippen molar-refractivity contribution in [1.82, 2.24) is 14.9 Å². The van der Waals surface area contributed by atoms with Crippen molar-refractivity contribution in [2.45, 2.75) is 19.3 Å². The second kappa shape index (κ2) is 6.11. The maximum atomic E-state index is 12.3. The van der Waals surface area contributed by atoms with E-state index in [1.807, 2.05) is 12.1 Å². The van der Waals surface area contributed by atoms with E-state index in [4.69, 9.17) is 9.68 Å². The number of nitrogens with zero attached hydrogens (tertiary/aromatic N) is 5. The molecule has 2 aromatic heterocycles. The SMILES string of the molecule is N#CC1CN(C(=O)CC2CCCN(c3nc4ncccc4o3)C2)C1. The van der Waals surface area contributed by atoms with E-state index in [1.54, 1.807) is 11.1 Å². The number of nitriles is 1. The smallest absolute Gasteiger partial charge is 0.299 e. The van der Waals surface area contributed by atoms with E-state index in [-0.39, 0.29) is 11.8 Å². The van der Waals surface area contributed by atoms with E-state index in [1.165, 1.54) is 0 Å². The highest BCUT2D eigenvalue weighted by Gasteiger charge is 2.33. The summed E-state index contributed by atoms with van der Waals surface area (Å²) < 4.78 is 5.79. The molecular weight excluding hydrogens is 306 g/mol. The van der Waals surface area contributed by atoms with Crippen LogP contribution in [0.3, 0.4) is 0 Å². The Morgan fingerprint density at radius 3 is 3.08 bits per heavy atom. The minimum Gasteiger partial charge on any atom is -0.422 e. The molecule has 2 aliphatic heterocycles. The number of piperidine rings is 1. The molecular formula is C17H19N5O2. The van der Waals surface area contributed by atoms with Gasteiger partial charge in [-0.3, -0.25) is 4.79 Å². The van der Waals surface area contributed by atoms with Gasteiger partial charge in [0.05, 0.1) is 12.0 Å². The van der Waals surface area contributed by atoms with E-state index >= 15 is 0 Å². The number of amides is 1. The van der Waals surface area contributed by atoms with E-state index in [0.29, 0.717) is 42.7 Å². The number of carbonyl (C=O) groups is 1. The molecule has 4 heterocycles. The van der Waals surface area contributed by atoms with Crippen LogP contribution in [0.25, 0.3) is 11.2 Å². The fraction of sp³-hybridized carbons (Fsp3) is 0.529. The Bertz CT molecular complexity index is 757. The minimum absolute atomic E-state index is 0.0176. The molecule has 4 rings (SSSR count). The second-order valence-corrected chi connectivity index (χ2v) is 6.60. The first-order chi connectivity index (χ1) is 11.7. The van der Waals surface area contributed by atoms with Crippen molar-refractivity contribution in [2.24, 2.45) is 11.8 Å². The van der Waals surface area contributed by atoms with Crippen molar-refractivity contribution >= 4 is 23.2 Å². The molecule has 0 radical (unpaired) electrons. The molecule has 24 heavy (non-hydrogen) atoms. The number of hydrogen-bond donors (Lipinski definition) is 0. The number of carbonyl (C=O) groups excluding carboxylic acids is 1. The number of likely N-dealkylation sites (tertiary alicyclic amines) is 1. The number of aromatic nitrogens is 2. The first-order valence-corrected chi connectivity index (χ1v) is 8.37. The molecule has 1 amide bonds. The molecule has 124 valence electrons. The molecule has 1 atom stereocenters. The van der Waals surface area contributed by atoms with Gasteiger partial charge in [0.15, 0.2) is 5.58 Å². The van der Waals surface area contributed by atoms with Gasteiger partial charge in [-0.15, -0.1) is 0 Å². The largest absolute Gasteiger partial charge is 0.422 e. The van der Waals surface area contributed by atoms with Gasteiger partial charge in [-0.2, -0.15) is 10.2 Å². The predicted molar refractivity (Wildman–Crippen MR) is 87.0 cm³/mol. The van der Waals surface area contributed by atoms with Gasteiger partial charge in [0, 0.05) is 38.8 Å². The van der Waals surface area contributed by atoms with Gasteiger partial charge in [0.2, 0.25) is 11.6 Å².